The Morgan fingerprint density at radius 1 is 1.27 bits per heavy atom. The first-order valence-corrected chi connectivity index (χ1v) is 5.84. The van der Waals surface area contributed by atoms with Gasteiger partial charge in [-0.2, -0.15) is 10.4 Å². The lowest BCUT2D eigenvalue weighted by atomic mass is 10.0. The normalized spacial score (nSPS) is 20.2. The van der Waals surface area contributed by atoms with Gasteiger partial charge in [-0.05, 0) is 37.7 Å². The zero-order valence-corrected chi connectivity index (χ0v) is 8.79. The van der Waals surface area contributed by atoms with E-state index in [2.05, 4.69) is 16.3 Å². The van der Waals surface area contributed by atoms with Crippen LogP contribution in [0.4, 0.5) is 0 Å². The molecule has 1 N–H and O–H groups in total. The van der Waals surface area contributed by atoms with Crippen molar-refractivity contribution in [1.82, 2.24) is 10.2 Å². The molecule has 2 saturated carbocycles. The number of nitrogens with one attached hydrogen (secondary N) is 1. The lowest BCUT2D eigenvalue weighted by Gasteiger charge is -2.01. The maximum absolute atomic E-state index is 8.67. The molecule has 3 heteroatoms. The van der Waals surface area contributed by atoms with Crippen LogP contribution in [-0.4, -0.2) is 10.2 Å². The van der Waals surface area contributed by atoms with Crippen molar-refractivity contribution in [1.29, 1.82) is 5.26 Å². The molecule has 3 nitrogen and oxygen atoms in total. The number of rotatable bonds is 4. The van der Waals surface area contributed by atoms with E-state index in [1.165, 1.54) is 42.6 Å². The molecule has 1 aromatic heterocycles. The van der Waals surface area contributed by atoms with Crippen LogP contribution in [-0.2, 0) is 6.42 Å². The van der Waals surface area contributed by atoms with Gasteiger partial charge in [0.25, 0.3) is 0 Å². The van der Waals surface area contributed by atoms with Crippen LogP contribution in [0.15, 0.2) is 0 Å². The minimum atomic E-state index is 0.624. The van der Waals surface area contributed by atoms with E-state index in [4.69, 9.17) is 5.26 Å². The van der Waals surface area contributed by atoms with E-state index in [1.807, 2.05) is 0 Å². The SMILES string of the molecule is N#CCCc1c(C2CC2)n[nH]c1C1CC1. The van der Waals surface area contributed by atoms with E-state index in [0.717, 1.165) is 12.3 Å². The number of H-pyrrole nitrogens is 1. The molecule has 0 saturated heterocycles. The summed E-state index contributed by atoms with van der Waals surface area (Å²) in [5.74, 6) is 1.42. The smallest absolute Gasteiger partial charge is 0.0688 e. The highest BCUT2D eigenvalue weighted by Gasteiger charge is 2.34. The van der Waals surface area contributed by atoms with Gasteiger partial charge in [0.2, 0.25) is 0 Å². The molecule has 0 bridgehead atoms. The number of nitrogens with zero attached hydrogens (tertiary/aromatic N) is 2. The Hall–Kier alpha value is -1.30. The third-order valence-electron chi connectivity index (χ3n) is 3.37. The zero-order valence-electron chi connectivity index (χ0n) is 8.79. The summed E-state index contributed by atoms with van der Waals surface area (Å²) in [7, 11) is 0. The third kappa shape index (κ3) is 1.65. The van der Waals surface area contributed by atoms with E-state index >= 15 is 0 Å². The van der Waals surface area contributed by atoms with Crippen LogP contribution >= 0.6 is 0 Å². The monoisotopic (exact) mass is 201 g/mol. The molecule has 0 amide bonds. The van der Waals surface area contributed by atoms with Crippen LogP contribution in [0.2, 0.25) is 0 Å². The average Bonchev–Trinajstić information content (AvgIpc) is 3.13. The van der Waals surface area contributed by atoms with Crippen LogP contribution < -0.4 is 0 Å². The number of hydrogen-bond acceptors (Lipinski definition) is 2. The van der Waals surface area contributed by atoms with E-state index in [0.29, 0.717) is 12.3 Å². The molecule has 1 heterocycles. The van der Waals surface area contributed by atoms with Crippen LogP contribution in [0.5, 0.6) is 0 Å². The quantitative estimate of drug-likeness (QED) is 0.814. The van der Waals surface area contributed by atoms with Crippen molar-refractivity contribution in [3.05, 3.63) is 17.0 Å². The Labute approximate surface area is 89.5 Å². The van der Waals surface area contributed by atoms with E-state index in [9.17, 15) is 0 Å². The first-order valence-electron chi connectivity index (χ1n) is 5.84. The highest BCUT2D eigenvalue weighted by Crippen LogP contribution is 2.46. The van der Waals surface area contributed by atoms with Gasteiger partial charge in [-0.1, -0.05) is 0 Å². The lowest BCUT2D eigenvalue weighted by Crippen LogP contribution is -1.93. The fourth-order valence-corrected chi connectivity index (χ4v) is 2.24. The largest absolute Gasteiger partial charge is 0.282 e. The molecule has 2 fully saturated rings. The summed E-state index contributed by atoms with van der Waals surface area (Å²) in [6, 6.07) is 2.24. The third-order valence-corrected chi connectivity index (χ3v) is 3.37. The lowest BCUT2D eigenvalue weighted by molar-refractivity contribution is 0.926. The molecule has 0 spiro atoms. The number of nitriles is 1. The second-order valence-corrected chi connectivity index (χ2v) is 4.71. The van der Waals surface area contributed by atoms with Gasteiger partial charge in [-0.15, -0.1) is 0 Å². The predicted molar refractivity (Wildman–Crippen MR) is 56.5 cm³/mol. The van der Waals surface area contributed by atoms with Crippen molar-refractivity contribution in [3.8, 4) is 6.07 Å². The van der Waals surface area contributed by atoms with Gasteiger partial charge in [0.05, 0.1) is 11.8 Å². The first kappa shape index (κ1) is 8.96. The van der Waals surface area contributed by atoms with E-state index in [-0.39, 0.29) is 0 Å². The number of hydrogen-bond donors (Lipinski definition) is 1. The highest BCUT2D eigenvalue weighted by molar-refractivity contribution is 5.35. The summed E-state index contributed by atoms with van der Waals surface area (Å²) in [5, 5.41) is 16.3. The summed E-state index contributed by atoms with van der Waals surface area (Å²) in [6.45, 7) is 0. The van der Waals surface area contributed by atoms with Crippen LogP contribution in [0.25, 0.3) is 0 Å². The Morgan fingerprint density at radius 2 is 2.00 bits per heavy atom. The molecule has 0 aliphatic heterocycles. The minimum absolute atomic E-state index is 0.624. The maximum atomic E-state index is 8.67. The molecular formula is C12H15N3. The summed E-state index contributed by atoms with van der Waals surface area (Å²) >= 11 is 0. The minimum Gasteiger partial charge on any atom is -0.282 e. The van der Waals surface area contributed by atoms with Crippen molar-refractivity contribution in [2.24, 2.45) is 0 Å². The molecule has 0 unspecified atom stereocenters. The molecule has 78 valence electrons. The van der Waals surface area contributed by atoms with Crippen LogP contribution in [0.1, 0.15) is 60.9 Å². The van der Waals surface area contributed by atoms with Crippen LogP contribution in [0, 0.1) is 11.3 Å². The predicted octanol–water partition coefficient (Wildman–Crippen LogP) is 2.62. The van der Waals surface area contributed by atoms with Gasteiger partial charge in [-0.3, -0.25) is 5.10 Å². The molecule has 0 radical (unpaired) electrons. The van der Waals surface area contributed by atoms with Crippen molar-refractivity contribution in [2.45, 2.75) is 50.4 Å². The molecule has 1 aromatic rings. The second kappa shape index (κ2) is 3.37. The molecule has 2 aliphatic rings. The fraction of sp³-hybridized carbons (Fsp3) is 0.667. The van der Waals surface area contributed by atoms with Gasteiger partial charge in [-0.25, -0.2) is 0 Å². The fourth-order valence-electron chi connectivity index (χ4n) is 2.24. The number of aromatic nitrogens is 2. The molecule has 0 aromatic carbocycles. The van der Waals surface area contributed by atoms with Crippen molar-refractivity contribution in [3.63, 3.8) is 0 Å². The average molecular weight is 201 g/mol. The van der Waals surface area contributed by atoms with Crippen molar-refractivity contribution >= 4 is 0 Å². The zero-order chi connectivity index (χ0) is 10.3. The van der Waals surface area contributed by atoms with Crippen molar-refractivity contribution < 1.29 is 0 Å². The van der Waals surface area contributed by atoms with Gasteiger partial charge in [0.15, 0.2) is 0 Å². The maximum Gasteiger partial charge on any atom is 0.0688 e. The molecule has 2 aliphatic carbocycles. The Kier molecular flexibility index (Phi) is 2.02. The van der Waals surface area contributed by atoms with E-state index in [1.54, 1.807) is 0 Å². The van der Waals surface area contributed by atoms with Gasteiger partial charge >= 0.3 is 0 Å². The van der Waals surface area contributed by atoms with Crippen LogP contribution in [0.3, 0.4) is 0 Å². The van der Waals surface area contributed by atoms with Gasteiger partial charge < -0.3 is 0 Å². The number of aromatic amines is 1. The van der Waals surface area contributed by atoms with Gasteiger partial charge in [0.1, 0.15) is 0 Å². The molecular weight excluding hydrogens is 186 g/mol. The second-order valence-electron chi connectivity index (χ2n) is 4.71. The topological polar surface area (TPSA) is 52.5 Å². The van der Waals surface area contributed by atoms with Gasteiger partial charge in [0, 0.05) is 24.0 Å². The molecule has 0 atom stereocenters. The summed E-state index contributed by atoms with van der Waals surface area (Å²) in [5.41, 5.74) is 3.99. The molecule has 15 heavy (non-hydrogen) atoms. The van der Waals surface area contributed by atoms with Crippen molar-refractivity contribution in [2.75, 3.05) is 0 Å². The van der Waals surface area contributed by atoms with E-state index < -0.39 is 0 Å². The molecule has 3 rings (SSSR count). The summed E-state index contributed by atoms with van der Waals surface area (Å²) in [6.07, 6.45) is 6.68. The standard InChI is InChI=1S/C12H15N3/c13-7-1-2-10-11(8-3-4-8)14-15-12(10)9-5-6-9/h8-9H,1-6H2,(H,14,15). The highest BCUT2D eigenvalue weighted by atomic mass is 15.1. The first-order chi connectivity index (χ1) is 7.40. The Balaban J connectivity index is 1.89. The Morgan fingerprint density at radius 3 is 2.60 bits per heavy atom. The summed E-state index contributed by atoms with van der Waals surface area (Å²) < 4.78 is 0. The Bertz CT molecular complexity index is 375. The summed E-state index contributed by atoms with van der Waals surface area (Å²) in [4.78, 5) is 0.